The maximum absolute atomic E-state index is 11.9. The summed E-state index contributed by atoms with van der Waals surface area (Å²) in [5.74, 6) is 0.0182. The fraction of sp³-hybridized carbons (Fsp3) is 0.842. The van der Waals surface area contributed by atoms with Crippen molar-refractivity contribution in [2.24, 2.45) is 0 Å². The number of hydrogen-bond donors (Lipinski definition) is 2. The predicted octanol–water partition coefficient (Wildman–Crippen LogP) is 0.516. The summed E-state index contributed by atoms with van der Waals surface area (Å²) in [5.41, 5.74) is 0. The molecule has 2 aliphatic heterocycles. The number of cyclic esters (lactones) is 1. The molecule has 0 radical (unpaired) electrons. The van der Waals surface area contributed by atoms with E-state index in [9.17, 15) is 15.0 Å². The number of rotatable bonds is 10. The molecule has 7 unspecified atom stereocenters. The summed E-state index contributed by atoms with van der Waals surface area (Å²) < 4.78 is 33.2. The van der Waals surface area contributed by atoms with Crippen molar-refractivity contribution in [3.8, 4) is 0 Å². The number of esters is 1. The van der Waals surface area contributed by atoms with Crippen molar-refractivity contribution in [3.05, 3.63) is 11.8 Å². The van der Waals surface area contributed by atoms with Crippen LogP contribution >= 0.6 is 0 Å². The summed E-state index contributed by atoms with van der Waals surface area (Å²) in [6.45, 7) is 1.72. The largest absolute Gasteiger partial charge is 0.501 e. The first-order valence-electron chi connectivity index (χ1n) is 9.59. The van der Waals surface area contributed by atoms with Crippen LogP contribution < -0.4 is 0 Å². The lowest BCUT2D eigenvalue weighted by atomic mass is 9.97. The molecule has 0 aromatic carbocycles. The lowest BCUT2D eigenvalue weighted by molar-refractivity contribution is -0.323. The minimum absolute atomic E-state index is 0.320. The van der Waals surface area contributed by atoms with Crippen molar-refractivity contribution in [1.29, 1.82) is 0 Å². The standard InChI is InChI=1S/C19H32O9/c1-5-6-7-12(13-8-11(23-2)9-15(21)26-13)27-19-16(22)18(25-4)17(24-3)14(10-20)28-19/h9,12-14,16-20,22H,5-8,10H2,1-4H3. The second-order valence-electron chi connectivity index (χ2n) is 6.93. The van der Waals surface area contributed by atoms with E-state index in [0.29, 0.717) is 18.6 Å². The Labute approximate surface area is 165 Å². The number of hydrogen-bond acceptors (Lipinski definition) is 9. The molecule has 0 spiro atoms. The van der Waals surface area contributed by atoms with Crippen molar-refractivity contribution >= 4 is 5.97 Å². The van der Waals surface area contributed by atoms with Gasteiger partial charge in [-0.25, -0.2) is 4.79 Å². The molecule has 28 heavy (non-hydrogen) atoms. The first kappa shape index (κ1) is 23.1. The molecule has 0 aliphatic carbocycles. The second kappa shape index (κ2) is 11.1. The average Bonchev–Trinajstić information content (AvgIpc) is 2.70. The van der Waals surface area contributed by atoms with Gasteiger partial charge in [-0.1, -0.05) is 19.8 Å². The van der Waals surface area contributed by atoms with Crippen molar-refractivity contribution in [2.45, 2.75) is 75.5 Å². The smallest absolute Gasteiger partial charge is 0.334 e. The Kier molecular flexibility index (Phi) is 9.13. The molecule has 7 atom stereocenters. The fourth-order valence-electron chi connectivity index (χ4n) is 3.59. The van der Waals surface area contributed by atoms with Gasteiger partial charge in [-0.3, -0.25) is 0 Å². The summed E-state index contributed by atoms with van der Waals surface area (Å²) in [5, 5.41) is 20.3. The first-order chi connectivity index (χ1) is 13.5. The normalized spacial score (nSPS) is 34.5. The Morgan fingerprint density at radius 1 is 1.25 bits per heavy atom. The number of unbranched alkanes of at least 4 members (excludes halogenated alkanes) is 1. The minimum Gasteiger partial charge on any atom is -0.501 e. The van der Waals surface area contributed by atoms with Crippen LogP contribution in [0.5, 0.6) is 0 Å². The number of carbonyl (C=O) groups excluding carboxylic acids is 1. The maximum Gasteiger partial charge on any atom is 0.334 e. The van der Waals surface area contributed by atoms with Gasteiger partial charge >= 0.3 is 5.97 Å². The lowest BCUT2D eigenvalue weighted by Gasteiger charge is -2.44. The Balaban J connectivity index is 2.16. The minimum atomic E-state index is -1.14. The van der Waals surface area contributed by atoms with Gasteiger partial charge in [0.15, 0.2) is 6.29 Å². The summed E-state index contributed by atoms with van der Waals surface area (Å²) in [6, 6.07) is 0. The molecule has 2 heterocycles. The fourth-order valence-corrected chi connectivity index (χ4v) is 3.59. The molecule has 2 rings (SSSR count). The third kappa shape index (κ3) is 5.43. The number of methoxy groups -OCH3 is 3. The molecule has 9 nitrogen and oxygen atoms in total. The van der Waals surface area contributed by atoms with Gasteiger partial charge in [-0.05, 0) is 6.42 Å². The third-order valence-corrected chi connectivity index (χ3v) is 5.12. The molecule has 2 N–H and O–H groups in total. The van der Waals surface area contributed by atoms with Gasteiger partial charge in [-0.2, -0.15) is 0 Å². The van der Waals surface area contributed by atoms with Crippen LogP contribution in [0.25, 0.3) is 0 Å². The van der Waals surface area contributed by atoms with Crippen LogP contribution in [-0.2, 0) is 33.2 Å². The molecular weight excluding hydrogens is 372 g/mol. The van der Waals surface area contributed by atoms with E-state index in [-0.39, 0.29) is 6.61 Å². The highest BCUT2D eigenvalue weighted by atomic mass is 16.7. The Bertz CT molecular complexity index is 524. The molecule has 0 aromatic rings. The quantitative estimate of drug-likeness (QED) is 0.503. The molecule has 162 valence electrons. The van der Waals surface area contributed by atoms with E-state index in [0.717, 1.165) is 12.8 Å². The van der Waals surface area contributed by atoms with Crippen LogP contribution in [0.2, 0.25) is 0 Å². The van der Waals surface area contributed by atoms with E-state index in [1.165, 1.54) is 27.4 Å². The van der Waals surface area contributed by atoms with Crippen LogP contribution in [-0.4, -0.2) is 87.0 Å². The Morgan fingerprint density at radius 2 is 1.96 bits per heavy atom. The van der Waals surface area contributed by atoms with Crippen LogP contribution in [0.15, 0.2) is 11.8 Å². The van der Waals surface area contributed by atoms with Gasteiger partial charge in [-0.15, -0.1) is 0 Å². The zero-order valence-electron chi connectivity index (χ0n) is 16.9. The zero-order valence-corrected chi connectivity index (χ0v) is 16.9. The average molecular weight is 404 g/mol. The molecular formula is C19H32O9. The Morgan fingerprint density at radius 3 is 2.54 bits per heavy atom. The molecule has 1 saturated heterocycles. The van der Waals surface area contributed by atoms with E-state index in [4.69, 9.17) is 28.4 Å². The number of carbonyl (C=O) groups is 1. The summed E-state index contributed by atoms with van der Waals surface area (Å²) in [6.07, 6.45) is -1.34. The highest BCUT2D eigenvalue weighted by Gasteiger charge is 2.47. The van der Waals surface area contributed by atoms with Crippen molar-refractivity contribution in [2.75, 3.05) is 27.9 Å². The van der Waals surface area contributed by atoms with Gasteiger partial charge in [0, 0.05) is 20.6 Å². The van der Waals surface area contributed by atoms with Gasteiger partial charge in [0.25, 0.3) is 0 Å². The topological polar surface area (TPSA) is 113 Å². The first-order valence-corrected chi connectivity index (χ1v) is 9.59. The van der Waals surface area contributed by atoms with Crippen LogP contribution in [0.4, 0.5) is 0 Å². The van der Waals surface area contributed by atoms with Crippen LogP contribution in [0.1, 0.15) is 32.6 Å². The van der Waals surface area contributed by atoms with E-state index >= 15 is 0 Å². The van der Waals surface area contributed by atoms with Crippen molar-refractivity contribution in [1.82, 2.24) is 0 Å². The summed E-state index contributed by atoms with van der Waals surface area (Å²) in [7, 11) is 4.40. The van der Waals surface area contributed by atoms with Crippen molar-refractivity contribution < 1.29 is 43.4 Å². The molecule has 0 amide bonds. The molecule has 0 bridgehead atoms. The molecule has 9 heteroatoms. The number of ether oxygens (including phenoxy) is 6. The maximum atomic E-state index is 11.9. The van der Waals surface area contributed by atoms with Crippen LogP contribution in [0.3, 0.4) is 0 Å². The zero-order chi connectivity index (χ0) is 20.7. The highest BCUT2D eigenvalue weighted by molar-refractivity contribution is 5.83. The number of aliphatic hydroxyl groups is 2. The van der Waals surface area contributed by atoms with E-state index in [2.05, 4.69) is 0 Å². The summed E-state index contributed by atoms with van der Waals surface area (Å²) in [4.78, 5) is 11.9. The molecule has 1 fully saturated rings. The van der Waals surface area contributed by atoms with Gasteiger partial charge in [0.2, 0.25) is 0 Å². The van der Waals surface area contributed by atoms with E-state index in [1.54, 1.807) is 0 Å². The van der Waals surface area contributed by atoms with Gasteiger partial charge < -0.3 is 38.6 Å². The molecule has 0 aromatic heterocycles. The van der Waals surface area contributed by atoms with Gasteiger partial charge in [0.1, 0.15) is 36.3 Å². The Hall–Kier alpha value is -1.23. The van der Waals surface area contributed by atoms with Crippen LogP contribution in [0, 0.1) is 0 Å². The molecule has 2 aliphatic rings. The van der Waals surface area contributed by atoms with Gasteiger partial charge in [0.05, 0.1) is 25.9 Å². The van der Waals surface area contributed by atoms with E-state index < -0.39 is 48.9 Å². The molecule has 0 saturated carbocycles. The highest BCUT2D eigenvalue weighted by Crippen LogP contribution is 2.30. The SMILES string of the molecule is CCCCC(OC1OC(CO)C(OC)C(OC)C1O)C1CC(OC)=CC(=O)O1. The number of aliphatic hydroxyl groups excluding tert-OH is 2. The lowest BCUT2D eigenvalue weighted by Crippen LogP contribution is -2.61. The van der Waals surface area contributed by atoms with E-state index in [1.807, 2.05) is 6.92 Å². The monoisotopic (exact) mass is 404 g/mol. The summed E-state index contributed by atoms with van der Waals surface area (Å²) >= 11 is 0. The van der Waals surface area contributed by atoms with Crippen molar-refractivity contribution in [3.63, 3.8) is 0 Å². The second-order valence-corrected chi connectivity index (χ2v) is 6.93. The predicted molar refractivity (Wildman–Crippen MR) is 97.3 cm³/mol. The third-order valence-electron chi connectivity index (χ3n) is 5.12.